The standard InChI is InChI=1S/C13H18FN3O/c14-10-1-2-12(11(7-10)13(15)18)17-6-4-9-3-5-16-8-9/h1-2,7,9,16-17H,3-6,8H2,(H2,15,18). The molecular weight excluding hydrogens is 233 g/mol. The Balaban J connectivity index is 1.93. The minimum Gasteiger partial charge on any atom is -0.384 e. The fraction of sp³-hybridized carbons (Fsp3) is 0.462. The summed E-state index contributed by atoms with van der Waals surface area (Å²) in [7, 11) is 0. The Kier molecular flexibility index (Phi) is 4.15. The Labute approximate surface area is 106 Å². The molecule has 1 saturated heterocycles. The monoisotopic (exact) mass is 251 g/mol. The summed E-state index contributed by atoms with van der Waals surface area (Å²) in [5.74, 6) is -0.385. The molecule has 1 aliphatic heterocycles. The van der Waals surface area contributed by atoms with Crippen LogP contribution in [0, 0.1) is 11.7 Å². The van der Waals surface area contributed by atoms with Crippen LogP contribution in [0.3, 0.4) is 0 Å². The number of halogens is 1. The third-order valence-corrected chi connectivity index (χ3v) is 3.28. The van der Waals surface area contributed by atoms with Crippen molar-refractivity contribution in [1.29, 1.82) is 0 Å². The summed E-state index contributed by atoms with van der Waals surface area (Å²) in [4.78, 5) is 11.2. The van der Waals surface area contributed by atoms with Gasteiger partial charge in [-0.05, 0) is 50.0 Å². The Morgan fingerprint density at radius 3 is 3.06 bits per heavy atom. The fourth-order valence-electron chi connectivity index (χ4n) is 2.25. The zero-order valence-electron chi connectivity index (χ0n) is 10.2. The average molecular weight is 251 g/mol. The van der Waals surface area contributed by atoms with E-state index in [1.807, 2.05) is 0 Å². The SMILES string of the molecule is NC(=O)c1cc(F)ccc1NCCC1CCNC1. The van der Waals surface area contributed by atoms with Gasteiger partial charge in [0.15, 0.2) is 0 Å². The van der Waals surface area contributed by atoms with Gasteiger partial charge in [-0.1, -0.05) is 0 Å². The molecule has 18 heavy (non-hydrogen) atoms. The van der Waals surface area contributed by atoms with Gasteiger partial charge in [0.1, 0.15) is 5.82 Å². The average Bonchev–Trinajstić information content (AvgIpc) is 2.84. The van der Waals surface area contributed by atoms with Crippen LogP contribution in [0.15, 0.2) is 18.2 Å². The predicted octanol–water partition coefficient (Wildman–Crippen LogP) is 1.34. The molecule has 0 saturated carbocycles. The summed E-state index contributed by atoms with van der Waals surface area (Å²) < 4.78 is 13.0. The van der Waals surface area contributed by atoms with Crippen LogP contribution in [0.2, 0.25) is 0 Å². The van der Waals surface area contributed by atoms with Crippen molar-refractivity contribution in [3.63, 3.8) is 0 Å². The maximum atomic E-state index is 13.0. The molecule has 1 heterocycles. The quantitative estimate of drug-likeness (QED) is 0.739. The second kappa shape index (κ2) is 5.82. The molecule has 0 aliphatic carbocycles. The number of nitrogens with one attached hydrogen (secondary N) is 2. The highest BCUT2D eigenvalue weighted by Crippen LogP contribution is 2.18. The lowest BCUT2D eigenvalue weighted by molar-refractivity contribution is 0.100. The molecule has 0 bridgehead atoms. The largest absolute Gasteiger partial charge is 0.384 e. The van der Waals surface area contributed by atoms with Gasteiger partial charge in [-0.25, -0.2) is 4.39 Å². The maximum absolute atomic E-state index is 13.0. The normalized spacial score (nSPS) is 18.8. The van der Waals surface area contributed by atoms with Gasteiger partial charge in [-0.3, -0.25) is 4.79 Å². The lowest BCUT2D eigenvalue weighted by Crippen LogP contribution is -2.17. The van der Waals surface area contributed by atoms with Crippen molar-refractivity contribution in [3.8, 4) is 0 Å². The molecule has 2 rings (SSSR count). The van der Waals surface area contributed by atoms with Crippen LogP contribution in [-0.4, -0.2) is 25.5 Å². The molecule has 1 aromatic rings. The highest BCUT2D eigenvalue weighted by molar-refractivity contribution is 5.98. The molecule has 98 valence electrons. The number of carbonyl (C=O) groups excluding carboxylic acids is 1. The predicted molar refractivity (Wildman–Crippen MR) is 69.0 cm³/mol. The van der Waals surface area contributed by atoms with Gasteiger partial charge < -0.3 is 16.4 Å². The number of hydrogen-bond acceptors (Lipinski definition) is 3. The van der Waals surface area contributed by atoms with E-state index in [4.69, 9.17) is 5.73 Å². The third-order valence-electron chi connectivity index (χ3n) is 3.28. The zero-order chi connectivity index (χ0) is 13.0. The maximum Gasteiger partial charge on any atom is 0.250 e. The topological polar surface area (TPSA) is 67.2 Å². The molecular formula is C13H18FN3O. The number of benzene rings is 1. The summed E-state index contributed by atoms with van der Waals surface area (Å²) >= 11 is 0. The van der Waals surface area contributed by atoms with Crippen LogP contribution in [0.5, 0.6) is 0 Å². The van der Waals surface area contributed by atoms with Gasteiger partial charge in [-0.2, -0.15) is 0 Å². The van der Waals surface area contributed by atoms with E-state index >= 15 is 0 Å². The van der Waals surface area contributed by atoms with Gasteiger partial charge in [0.2, 0.25) is 0 Å². The van der Waals surface area contributed by atoms with Gasteiger partial charge in [0, 0.05) is 12.2 Å². The first-order valence-electron chi connectivity index (χ1n) is 6.21. The van der Waals surface area contributed by atoms with Crippen molar-refractivity contribution in [2.75, 3.05) is 25.0 Å². The number of anilines is 1. The number of carbonyl (C=O) groups is 1. The lowest BCUT2D eigenvalue weighted by Gasteiger charge is -2.12. The van der Waals surface area contributed by atoms with Crippen molar-refractivity contribution in [2.45, 2.75) is 12.8 Å². The Hall–Kier alpha value is -1.62. The number of nitrogens with two attached hydrogens (primary N) is 1. The molecule has 0 aromatic heterocycles. The lowest BCUT2D eigenvalue weighted by atomic mass is 10.0. The highest BCUT2D eigenvalue weighted by Gasteiger charge is 2.14. The van der Waals surface area contributed by atoms with Gasteiger partial charge >= 0.3 is 0 Å². The smallest absolute Gasteiger partial charge is 0.250 e. The molecule has 0 spiro atoms. The van der Waals surface area contributed by atoms with Gasteiger partial charge in [0.25, 0.3) is 5.91 Å². The van der Waals surface area contributed by atoms with Crippen molar-refractivity contribution in [3.05, 3.63) is 29.6 Å². The number of hydrogen-bond donors (Lipinski definition) is 3. The minimum atomic E-state index is -0.612. The molecule has 1 fully saturated rings. The Morgan fingerprint density at radius 2 is 2.39 bits per heavy atom. The summed E-state index contributed by atoms with van der Waals surface area (Å²) in [6, 6.07) is 4.05. The molecule has 1 aromatic carbocycles. The van der Waals surface area contributed by atoms with Crippen LogP contribution in [0.25, 0.3) is 0 Å². The van der Waals surface area contributed by atoms with Crippen LogP contribution in [0.1, 0.15) is 23.2 Å². The first kappa shape index (κ1) is 12.8. The van der Waals surface area contributed by atoms with Crippen LogP contribution in [0.4, 0.5) is 10.1 Å². The third kappa shape index (κ3) is 3.20. The second-order valence-corrected chi connectivity index (χ2v) is 4.63. The molecule has 1 unspecified atom stereocenters. The van der Waals surface area contributed by atoms with E-state index in [0.717, 1.165) is 26.1 Å². The van der Waals surface area contributed by atoms with E-state index in [1.165, 1.54) is 18.6 Å². The van der Waals surface area contributed by atoms with E-state index in [-0.39, 0.29) is 5.56 Å². The van der Waals surface area contributed by atoms with E-state index in [0.29, 0.717) is 11.6 Å². The number of primary amides is 1. The van der Waals surface area contributed by atoms with Crippen molar-refractivity contribution >= 4 is 11.6 Å². The zero-order valence-corrected chi connectivity index (χ0v) is 10.2. The molecule has 1 amide bonds. The molecule has 4 N–H and O–H groups in total. The van der Waals surface area contributed by atoms with Crippen LogP contribution < -0.4 is 16.4 Å². The number of amides is 1. The van der Waals surface area contributed by atoms with E-state index in [1.54, 1.807) is 6.07 Å². The first-order chi connectivity index (χ1) is 8.66. The van der Waals surface area contributed by atoms with Crippen LogP contribution >= 0.6 is 0 Å². The fourth-order valence-corrected chi connectivity index (χ4v) is 2.25. The van der Waals surface area contributed by atoms with E-state index in [9.17, 15) is 9.18 Å². The molecule has 1 aliphatic rings. The summed E-state index contributed by atoms with van der Waals surface area (Å²) in [5.41, 5.74) is 6.04. The van der Waals surface area contributed by atoms with Crippen molar-refractivity contribution < 1.29 is 9.18 Å². The summed E-state index contributed by atoms with van der Waals surface area (Å²) in [6.07, 6.45) is 2.22. The van der Waals surface area contributed by atoms with Crippen LogP contribution in [-0.2, 0) is 0 Å². The molecule has 0 radical (unpaired) electrons. The van der Waals surface area contributed by atoms with Gasteiger partial charge in [0.05, 0.1) is 5.56 Å². The molecule has 5 heteroatoms. The minimum absolute atomic E-state index is 0.208. The Bertz CT molecular complexity index is 430. The highest BCUT2D eigenvalue weighted by atomic mass is 19.1. The van der Waals surface area contributed by atoms with Crippen molar-refractivity contribution in [2.24, 2.45) is 11.7 Å². The second-order valence-electron chi connectivity index (χ2n) is 4.63. The van der Waals surface area contributed by atoms with Gasteiger partial charge in [-0.15, -0.1) is 0 Å². The number of rotatable bonds is 5. The van der Waals surface area contributed by atoms with E-state index in [2.05, 4.69) is 10.6 Å². The Morgan fingerprint density at radius 1 is 1.56 bits per heavy atom. The summed E-state index contributed by atoms with van der Waals surface area (Å²) in [5, 5.41) is 6.46. The molecule has 1 atom stereocenters. The van der Waals surface area contributed by atoms with E-state index < -0.39 is 11.7 Å². The van der Waals surface area contributed by atoms with Crippen molar-refractivity contribution in [1.82, 2.24) is 5.32 Å². The molecule has 4 nitrogen and oxygen atoms in total. The summed E-state index contributed by atoms with van der Waals surface area (Å²) in [6.45, 7) is 2.89. The first-order valence-corrected chi connectivity index (χ1v) is 6.21.